The van der Waals surface area contributed by atoms with Crippen molar-refractivity contribution in [3.8, 4) is 11.3 Å². The average Bonchev–Trinajstić information content (AvgIpc) is 3.21. The van der Waals surface area contributed by atoms with Gasteiger partial charge in [-0.05, 0) is 48.9 Å². The van der Waals surface area contributed by atoms with Crippen LogP contribution in [0.5, 0.6) is 0 Å². The summed E-state index contributed by atoms with van der Waals surface area (Å²) in [6, 6.07) is 5.70. The zero-order chi connectivity index (χ0) is 22.0. The van der Waals surface area contributed by atoms with Crippen molar-refractivity contribution in [3.05, 3.63) is 57.8 Å². The van der Waals surface area contributed by atoms with Crippen LogP contribution in [-0.4, -0.2) is 38.0 Å². The molecule has 0 saturated heterocycles. The number of nitrogens with one attached hydrogen (secondary N) is 2. The first kappa shape index (κ1) is 21.3. The van der Waals surface area contributed by atoms with Crippen LogP contribution >= 0.6 is 0 Å². The first-order valence-corrected chi connectivity index (χ1v) is 11.1. The predicted molar refractivity (Wildman–Crippen MR) is 120 cm³/mol. The molecule has 0 radical (unpaired) electrons. The number of imidazole rings is 1. The second kappa shape index (κ2) is 9.06. The molecule has 1 aliphatic carbocycles. The molecule has 1 atom stereocenters. The summed E-state index contributed by atoms with van der Waals surface area (Å²) in [4.78, 5) is 32.5. The quantitative estimate of drug-likeness (QED) is 0.567. The fourth-order valence-corrected chi connectivity index (χ4v) is 4.44. The number of aliphatic hydroxyl groups is 1. The first-order valence-electron chi connectivity index (χ1n) is 11.1. The molecule has 3 N–H and O–H groups in total. The summed E-state index contributed by atoms with van der Waals surface area (Å²) >= 11 is 0. The number of hydrogen-bond donors (Lipinski definition) is 3. The van der Waals surface area contributed by atoms with Gasteiger partial charge in [0.05, 0.1) is 18.3 Å². The molecule has 4 rings (SSSR count). The molecule has 164 valence electrons. The minimum atomic E-state index is -0.370. The molecule has 2 heterocycles. The second-order valence-electron chi connectivity index (χ2n) is 8.75. The lowest BCUT2D eigenvalue weighted by Gasteiger charge is -2.25. The second-order valence-corrected chi connectivity index (χ2v) is 8.75. The number of aromatic amines is 1. The smallest absolute Gasteiger partial charge is 0.292 e. The van der Waals surface area contributed by atoms with Gasteiger partial charge in [0.1, 0.15) is 5.69 Å². The average molecular weight is 423 g/mol. The number of fused-ring (bicyclic) bond motifs is 1. The highest BCUT2D eigenvalue weighted by molar-refractivity contribution is 5.93. The van der Waals surface area contributed by atoms with Crippen molar-refractivity contribution >= 4 is 11.6 Å². The van der Waals surface area contributed by atoms with Gasteiger partial charge in [-0.15, -0.1) is 0 Å². The number of carbonyl (C=O) groups is 1. The molecular weight excluding hydrogens is 392 g/mol. The van der Waals surface area contributed by atoms with Crippen molar-refractivity contribution in [1.82, 2.24) is 19.7 Å². The number of aromatic nitrogens is 3. The molecule has 31 heavy (non-hydrogen) atoms. The van der Waals surface area contributed by atoms with Crippen LogP contribution in [0.25, 0.3) is 16.9 Å². The molecule has 1 saturated carbocycles. The Morgan fingerprint density at radius 3 is 2.71 bits per heavy atom. The Bertz CT molecular complexity index is 1140. The molecular formula is C24H30N4O3. The summed E-state index contributed by atoms with van der Waals surface area (Å²) in [7, 11) is 0. The van der Waals surface area contributed by atoms with Crippen LogP contribution < -0.4 is 10.9 Å². The Kier molecular flexibility index (Phi) is 6.23. The van der Waals surface area contributed by atoms with E-state index in [0.29, 0.717) is 11.6 Å². The molecule has 3 aromatic rings. The Balaban J connectivity index is 1.55. The fraction of sp³-hybridized carbons (Fsp3) is 0.458. The Morgan fingerprint density at radius 1 is 1.23 bits per heavy atom. The number of hydrogen-bond acceptors (Lipinski definition) is 4. The summed E-state index contributed by atoms with van der Waals surface area (Å²) in [5.74, 6) is 0.168. The fourth-order valence-electron chi connectivity index (χ4n) is 4.44. The van der Waals surface area contributed by atoms with Gasteiger partial charge in [-0.3, -0.25) is 14.0 Å². The zero-order valence-electron chi connectivity index (χ0n) is 18.1. The Morgan fingerprint density at radius 2 is 2.00 bits per heavy atom. The van der Waals surface area contributed by atoms with Gasteiger partial charge in [0, 0.05) is 12.4 Å². The van der Waals surface area contributed by atoms with Crippen LogP contribution in [0.4, 0.5) is 0 Å². The third kappa shape index (κ3) is 4.71. The van der Waals surface area contributed by atoms with Crippen LogP contribution in [0.2, 0.25) is 0 Å². The van der Waals surface area contributed by atoms with Crippen molar-refractivity contribution in [2.24, 2.45) is 5.92 Å². The molecule has 0 aliphatic heterocycles. The highest BCUT2D eigenvalue weighted by atomic mass is 16.3. The maximum absolute atomic E-state index is 12.8. The van der Waals surface area contributed by atoms with E-state index >= 15 is 0 Å². The summed E-state index contributed by atoms with van der Waals surface area (Å²) in [5, 5.41) is 12.6. The summed E-state index contributed by atoms with van der Waals surface area (Å²) < 4.78 is 1.59. The van der Waals surface area contributed by atoms with E-state index in [1.54, 1.807) is 16.8 Å². The third-order valence-corrected chi connectivity index (χ3v) is 6.40. The highest BCUT2D eigenvalue weighted by Gasteiger charge is 2.22. The van der Waals surface area contributed by atoms with E-state index in [0.717, 1.165) is 30.4 Å². The number of carbonyl (C=O) groups excluding carboxylic acids is 1. The van der Waals surface area contributed by atoms with Crippen LogP contribution in [0.15, 0.2) is 35.4 Å². The van der Waals surface area contributed by atoms with E-state index < -0.39 is 0 Å². The van der Waals surface area contributed by atoms with Gasteiger partial charge in [-0.1, -0.05) is 44.2 Å². The highest BCUT2D eigenvalue weighted by Crippen LogP contribution is 2.27. The predicted octanol–water partition coefficient (Wildman–Crippen LogP) is 3.37. The number of aryl methyl sites for hydroxylation is 2. The zero-order valence-corrected chi connectivity index (χ0v) is 18.1. The lowest BCUT2D eigenvalue weighted by Crippen LogP contribution is -2.39. The van der Waals surface area contributed by atoms with Gasteiger partial charge < -0.3 is 15.4 Å². The van der Waals surface area contributed by atoms with Crippen molar-refractivity contribution < 1.29 is 9.90 Å². The van der Waals surface area contributed by atoms with Gasteiger partial charge >= 0.3 is 0 Å². The van der Waals surface area contributed by atoms with E-state index in [4.69, 9.17) is 0 Å². The number of benzene rings is 1. The van der Waals surface area contributed by atoms with Gasteiger partial charge in [0.15, 0.2) is 0 Å². The Hall–Kier alpha value is -2.93. The van der Waals surface area contributed by atoms with Crippen molar-refractivity contribution in [2.75, 3.05) is 6.61 Å². The molecule has 1 amide bonds. The molecule has 7 heteroatoms. The lowest BCUT2D eigenvalue weighted by molar-refractivity contribution is 0.0897. The maximum Gasteiger partial charge on any atom is 0.292 e. The van der Waals surface area contributed by atoms with E-state index in [2.05, 4.69) is 15.3 Å². The van der Waals surface area contributed by atoms with Crippen molar-refractivity contribution in [3.63, 3.8) is 0 Å². The molecule has 1 aromatic carbocycles. The topological polar surface area (TPSA) is 99.5 Å². The molecule has 1 aliphatic rings. The summed E-state index contributed by atoms with van der Waals surface area (Å²) in [6.45, 7) is 3.97. The van der Waals surface area contributed by atoms with Gasteiger partial charge in [-0.2, -0.15) is 0 Å². The first-order chi connectivity index (χ1) is 14.9. The largest absolute Gasteiger partial charge is 0.394 e. The lowest BCUT2D eigenvalue weighted by atomic mass is 9.85. The Labute approximate surface area is 181 Å². The van der Waals surface area contributed by atoms with E-state index in [1.165, 1.54) is 24.8 Å². The molecule has 0 bridgehead atoms. The number of rotatable bonds is 6. The number of H-pyrrole nitrogens is 1. The van der Waals surface area contributed by atoms with E-state index in [9.17, 15) is 14.7 Å². The molecule has 7 nitrogen and oxygen atoms in total. The van der Waals surface area contributed by atoms with Crippen LogP contribution in [0.1, 0.15) is 60.1 Å². The van der Waals surface area contributed by atoms with Gasteiger partial charge in [0.25, 0.3) is 11.5 Å². The van der Waals surface area contributed by atoms with Gasteiger partial charge in [-0.25, -0.2) is 4.98 Å². The van der Waals surface area contributed by atoms with Crippen LogP contribution in [0.3, 0.4) is 0 Å². The minimum absolute atomic E-state index is 0.104. The molecule has 1 fully saturated rings. The van der Waals surface area contributed by atoms with Crippen molar-refractivity contribution in [1.29, 1.82) is 0 Å². The number of aliphatic hydroxyl groups excluding tert-OH is 1. The van der Waals surface area contributed by atoms with Crippen LogP contribution in [0, 0.1) is 19.8 Å². The third-order valence-electron chi connectivity index (χ3n) is 6.40. The van der Waals surface area contributed by atoms with E-state index in [-0.39, 0.29) is 35.5 Å². The molecule has 2 aromatic heterocycles. The SMILES string of the molecule is Cc1ccc(-c2cn3cc(C(=O)N[C@H](CO)CC4CCCCC4)nc3c(=O)[nH]2)cc1C. The van der Waals surface area contributed by atoms with Crippen LogP contribution in [-0.2, 0) is 0 Å². The summed E-state index contributed by atoms with van der Waals surface area (Å²) in [5.41, 5.74) is 3.87. The van der Waals surface area contributed by atoms with Crippen molar-refractivity contribution in [2.45, 2.75) is 58.4 Å². The standard InChI is InChI=1S/C24H30N4O3/c1-15-8-9-18(10-16(15)2)20-12-28-13-21(26-22(28)24(31)27-20)23(30)25-19(14-29)11-17-6-4-3-5-7-17/h8-10,12-13,17,19,29H,3-7,11,14H2,1-2H3,(H,25,30)(H,27,31)/t19-/m0/s1. The van der Waals surface area contributed by atoms with E-state index in [1.807, 2.05) is 32.0 Å². The number of nitrogens with zero attached hydrogens (tertiary/aromatic N) is 2. The molecule has 0 unspecified atom stereocenters. The monoisotopic (exact) mass is 422 g/mol. The maximum atomic E-state index is 12.8. The normalized spacial score (nSPS) is 15.8. The number of amides is 1. The minimum Gasteiger partial charge on any atom is -0.394 e. The van der Waals surface area contributed by atoms with Gasteiger partial charge in [0.2, 0.25) is 5.65 Å². The summed E-state index contributed by atoms with van der Waals surface area (Å²) in [6.07, 6.45) is 10.1. The molecule has 0 spiro atoms.